The highest BCUT2D eigenvalue weighted by atomic mass is 127. The Balaban J connectivity index is 2.62. The minimum absolute atomic E-state index is 0.739. The van der Waals surface area contributed by atoms with Gasteiger partial charge in [-0.25, -0.2) is 0 Å². The van der Waals surface area contributed by atoms with Crippen LogP contribution in [0, 0.1) is 0 Å². The molecule has 2 heteroatoms. The zero-order valence-electron chi connectivity index (χ0n) is 2.65. The molecule has 0 saturated heterocycles. The van der Waals surface area contributed by atoms with Gasteiger partial charge in [0.25, 0.3) is 0 Å². The summed E-state index contributed by atoms with van der Waals surface area (Å²) in [5.41, 5.74) is 0. The van der Waals surface area contributed by atoms with Crippen molar-refractivity contribution < 1.29 is 0 Å². The number of rotatable bonds is 1. The topological polar surface area (TPSA) is 0 Å². The third-order valence-corrected chi connectivity index (χ3v) is 0.886. The van der Waals surface area contributed by atoms with Crippen molar-refractivity contribution in [3.63, 3.8) is 0 Å². The SMILES string of the molecule is [S]CC=CI. The predicted molar refractivity (Wildman–Crippen MR) is 35.6 cm³/mol. The summed E-state index contributed by atoms with van der Waals surface area (Å²) in [6.45, 7) is 0. The van der Waals surface area contributed by atoms with Crippen LogP contribution in [0.5, 0.6) is 0 Å². The number of halogens is 1. The van der Waals surface area contributed by atoms with E-state index in [1.807, 2.05) is 10.2 Å². The van der Waals surface area contributed by atoms with E-state index in [0.717, 1.165) is 5.75 Å². The van der Waals surface area contributed by atoms with E-state index in [1.54, 1.807) is 0 Å². The molecular weight excluding hydrogens is 195 g/mol. The molecule has 0 rings (SSSR count). The van der Waals surface area contributed by atoms with Gasteiger partial charge in [0.2, 0.25) is 0 Å². The Hall–Kier alpha value is 0.820. The molecular formula is C3H4IS. The lowest BCUT2D eigenvalue weighted by molar-refractivity contribution is 1.84. The van der Waals surface area contributed by atoms with E-state index in [9.17, 15) is 0 Å². The maximum atomic E-state index is 4.56. The van der Waals surface area contributed by atoms with Gasteiger partial charge in [-0.2, -0.15) is 0 Å². The highest BCUT2D eigenvalue weighted by Crippen LogP contribution is 1.83. The van der Waals surface area contributed by atoms with Crippen molar-refractivity contribution in [1.29, 1.82) is 0 Å². The molecule has 5 heavy (non-hydrogen) atoms. The second-order valence-corrected chi connectivity index (χ2v) is 1.58. The second kappa shape index (κ2) is 4.82. The Morgan fingerprint density at radius 2 is 2.40 bits per heavy atom. The van der Waals surface area contributed by atoms with E-state index < -0.39 is 0 Å². The average Bonchev–Trinajstić information content (AvgIpc) is 1.41. The van der Waals surface area contributed by atoms with E-state index in [-0.39, 0.29) is 0 Å². The summed E-state index contributed by atoms with van der Waals surface area (Å²) in [6.07, 6.45) is 1.93. The minimum Gasteiger partial charge on any atom is -0.0896 e. The van der Waals surface area contributed by atoms with Crippen LogP contribution in [0.4, 0.5) is 0 Å². The summed E-state index contributed by atoms with van der Waals surface area (Å²) in [6, 6.07) is 0. The molecule has 0 aliphatic carbocycles. The van der Waals surface area contributed by atoms with Gasteiger partial charge in [0.1, 0.15) is 0 Å². The van der Waals surface area contributed by atoms with Crippen LogP contribution >= 0.6 is 35.2 Å². The van der Waals surface area contributed by atoms with Gasteiger partial charge < -0.3 is 0 Å². The number of hydrogen-bond acceptors (Lipinski definition) is 0. The molecule has 0 nitrogen and oxygen atoms in total. The van der Waals surface area contributed by atoms with Gasteiger partial charge in [0.15, 0.2) is 0 Å². The molecule has 0 bridgehead atoms. The molecule has 0 heterocycles. The van der Waals surface area contributed by atoms with Gasteiger partial charge in [-0.3, -0.25) is 0 Å². The molecule has 0 aliphatic heterocycles. The molecule has 0 aromatic carbocycles. The standard InChI is InChI=1S/C3H4IS/c4-2-1-3-5/h1-2H,3H2. The van der Waals surface area contributed by atoms with Crippen LogP contribution in [0.2, 0.25) is 0 Å². The van der Waals surface area contributed by atoms with E-state index >= 15 is 0 Å². The molecule has 0 N–H and O–H groups in total. The lowest BCUT2D eigenvalue weighted by atomic mass is 10.8. The van der Waals surface area contributed by atoms with Gasteiger partial charge in [-0.05, 0) is 4.08 Å². The summed E-state index contributed by atoms with van der Waals surface area (Å²) >= 11 is 6.70. The molecule has 0 amide bonds. The van der Waals surface area contributed by atoms with Gasteiger partial charge in [-0.1, -0.05) is 41.3 Å². The first-order valence-corrected chi connectivity index (χ1v) is 3.07. The third kappa shape index (κ3) is 4.82. The molecule has 0 saturated carbocycles. The fourth-order valence-electron chi connectivity index (χ4n) is 0.0364. The van der Waals surface area contributed by atoms with Crippen molar-refractivity contribution in [1.82, 2.24) is 0 Å². The maximum Gasteiger partial charge on any atom is 0.0225 e. The normalized spacial score (nSPS) is 10.0. The lowest BCUT2D eigenvalue weighted by Gasteiger charge is -1.61. The largest absolute Gasteiger partial charge is 0.0896 e. The van der Waals surface area contributed by atoms with Crippen molar-refractivity contribution >= 4 is 35.2 Å². The Morgan fingerprint density at radius 3 is 2.40 bits per heavy atom. The molecule has 0 spiro atoms. The molecule has 29 valence electrons. The third-order valence-electron chi connectivity index (χ3n) is 0.185. The quantitative estimate of drug-likeness (QED) is 0.567. The van der Waals surface area contributed by atoms with E-state index in [0.29, 0.717) is 0 Å². The Labute approximate surface area is 51.2 Å². The molecule has 0 fully saturated rings. The van der Waals surface area contributed by atoms with Crippen molar-refractivity contribution in [3.05, 3.63) is 10.2 Å². The van der Waals surface area contributed by atoms with Crippen molar-refractivity contribution in [2.75, 3.05) is 5.75 Å². The van der Waals surface area contributed by atoms with Gasteiger partial charge in [-0.15, -0.1) is 0 Å². The van der Waals surface area contributed by atoms with Crippen molar-refractivity contribution in [2.45, 2.75) is 0 Å². The Morgan fingerprint density at radius 1 is 1.80 bits per heavy atom. The van der Waals surface area contributed by atoms with Crippen LogP contribution in [0.3, 0.4) is 0 Å². The zero-order chi connectivity index (χ0) is 4.12. The zero-order valence-corrected chi connectivity index (χ0v) is 5.62. The first-order valence-electron chi connectivity index (χ1n) is 1.25. The summed E-state index contributed by atoms with van der Waals surface area (Å²) in [5.74, 6) is 0.739. The van der Waals surface area contributed by atoms with E-state index in [1.165, 1.54) is 0 Å². The monoisotopic (exact) mass is 199 g/mol. The molecule has 0 aliphatic rings. The van der Waals surface area contributed by atoms with Crippen LogP contribution in [-0.2, 0) is 0 Å². The Bertz CT molecular complexity index is 33.9. The second-order valence-electron chi connectivity index (χ2n) is 0.528. The van der Waals surface area contributed by atoms with Crippen molar-refractivity contribution in [3.8, 4) is 0 Å². The molecule has 0 aromatic rings. The fourth-order valence-corrected chi connectivity index (χ4v) is 0.732. The van der Waals surface area contributed by atoms with E-state index in [2.05, 4.69) is 35.2 Å². The van der Waals surface area contributed by atoms with Crippen LogP contribution in [0.25, 0.3) is 0 Å². The van der Waals surface area contributed by atoms with Crippen molar-refractivity contribution in [2.24, 2.45) is 0 Å². The average molecular weight is 199 g/mol. The first-order chi connectivity index (χ1) is 2.41. The van der Waals surface area contributed by atoms with Gasteiger partial charge in [0.05, 0.1) is 0 Å². The van der Waals surface area contributed by atoms with Crippen LogP contribution < -0.4 is 0 Å². The molecule has 0 aromatic heterocycles. The molecule has 0 atom stereocenters. The fraction of sp³-hybridized carbons (Fsp3) is 0.333. The maximum absolute atomic E-state index is 4.56. The molecule has 1 radical (unpaired) electrons. The highest BCUT2D eigenvalue weighted by Gasteiger charge is 1.55. The highest BCUT2D eigenvalue weighted by molar-refractivity contribution is 14.1. The first kappa shape index (κ1) is 5.82. The summed E-state index contributed by atoms with van der Waals surface area (Å²) in [5, 5.41) is 0. The van der Waals surface area contributed by atoms with Gasteiger partial charge in [0, 0.05) is 5.75 Å². The summed E-state index contributed by atoms with van der Waals surface area (Å²) in [4.78, 5) is 0. The number of hydrogen-bond donors (Lipinski definition) is 0. The Kier molecular flexibility index (Phi) is 5.61. The predicted octanol–water partition coefficient (Wildman–Crippen LogP) is 2.13. The van der Waals surface area contributed by atoms with Crippen LogP contribution in [-0.4, -0.2) is 5.75 Å². The smallest absolute Gasteiger partial charge is 0.0225 e. The van der Waals surface area contributed by atoms with Crippen LogP contribution in [0.15, 0.2) is 10.2 Å². The van der Waals surface area contributed by atoms with Gasteiger partial charge >= 0.3 is 0 Å². The molecule has 0 unspecified atom stereocenters. The summed E-state index contributed by atoms with van der Waals surface area (Å²) < 4.78 is 1.92. The summed E-state index contributed by atoms with van der Waals surface area (Å²) in [7, 11) is 0. The van der Waals surface area contributed by atoms with E-state index in [4.69, 9.17) is 0 Å². The minimum atomic E-state index is 0.739. The lowest BCUT2D eigenvalue weighted by Crippen LogP contribution is -1.48. The van der Waals surface area contributed by atoms with Crippen LogP contribution in [0.1, 0.15) is 0 Å².